The van der Waals surface area contributed by atoms with Crippen molar-refractivity contribution in [1.29, 1.82) is 0 Å². The lowest BCUT2D eigenvalue weighted by molar-refractivity contribution is -0.118. The van der Waals surface area contributed by atoms with Crippen LogP contribution >= 0.6 is 11.6 Å². The van der Waals surface area contributed by atoms with Crippen LogP contribution in [0.3, 0.4) is 0 Å². The average Bonchev–Trinajstić information content (AvgIpc) is 3.61. The van der Waals surface area contributed by atoms with Gasteiger partial charge in [-0.15, -0.1) is 0 Å². The van der Waals surface area contributed by atoms with Gasteiger partial charge in [0.25, 0.3) is 0 Å². The summed E-state index contributed by atoms with van der Waals surface area (Å²) in [5, 5.41) is 14.9. The van der Waals surface area contributed by atoms with E-state index in [2.05, 4.69) is 27.5 Å². The minimum absolute atomic E-state index is 0.187. The highest BCUT2D eigenvalue weighted by Gasteiger charge is 2.17. The van der Waals surface area contributed by atoms with Crippen LogP contribution in [-0.4, -0.2) is 48.0 Å². The molecule has 2 heterocycles. The van der Waals surface area contributed by atoms with Crippen LogP contribution < -0.4 is 25.8 Å². The lowest BCUT2D eigenvalue weighted by Gasteiger charge is -2.15. The summed E-state index contributed by atoms with van der Waals surface area (Å²) < 4.78 is 31.9. The summed E-state index contributed by atoms with van der Waals surface area (Å²) >= 11 is 6.56. The van der Waals surface area contributed by atoms with Crippen LogP contribution in [-0.2, 0) is 22.7 Å². The Morgan fingerprint density at radius 1 is 0.980 bits per heavy atom. The van der Waals surface area contributed by atoms with Gasteiger partial charge in [0, 0.05) is 30.7 Å². The maximum absolute atomic E-state index is 13.5. The second kappa shape index (κ2) is 21.9. The molecule has 13 heteroatoms. The van der Waals surface area contributed by atoms with Crippen LogP contribution in [0.1, 0.15) is 56.8 Å². The minimum Gasteiger partial charge on any atom is -0.493 e. The number of aromatic nitrogens is 2. The first-order valence-electron chi connectivity index (χ1n) is 16.6. The minimum atomic E-state index is -0.319. The number of rotatable bonds is 18. The molecule has 51 heavy (non-hydrogen) atoms. The molecule has 0 saturated heterocycles. The number of amides is 1. The van der Waals surface area contributed by atoms with Gasteiger partial charge >= 0.3 is 0 Å². The first kappa shape index (κ1) is 40.4. The van der Waals surface area contributed by atoms with E-state index in [1.54, 1.807) is 24.3 Å². The second-order valence-corrected chi connectivity index (χ2v) is 11.6. The Bertz CT molecular complexity index is 1820. The number of hydrogen-bond donors (Lipinski definition) is 4. The summed E-state index contributed by atoms with van der Waals surface area (Å²) in [4.78, 5) is 28.1. The average molecular weight is 722 g/mol. The van der Waals surface area contributed by atoms with Crippen molar-refractivity contribution in [3.63, 3.8) is 0 Å². The molecule has 272 valence electrons. The van der Waals surface area contributed by atoms with Crippen molar-refractivity contribution >= 4 is 46.7 Å². The van der Waals surface area contributed by atoms with E-state index in [1.165, 1.54) is 18.5 Å². The van der Waals surface area contributed by atoms with Crippen molar-refractivity contribution < 1.29 is 33.0 Å². The molecular formula is C38H45ClFN5O6. The summed E-state index contributed by atoms with van der Waals surface area (Å²) in [6.07, 6.45) is 6.38. The third-order valence-corrected chi connectivity index (χ3v) is 7.74. The molecule has 0 saturated carbocycles. The maximum Gasteiger partial charge on any atom is 0.217 e. The van der Waals surface area contributed by atoms with Crippen molar-refractivity contribution in [3.05, 3.63) is 95.2 Å². The van der Waals surface area contributed by atoms with E-state index in [0.717, 1.165) is 62.5 Å². The van der Waals surface area contributed by atoms with Crippen molar-refractivity contribution in [1.82, 2.24) is 15.3 Å². The van der Waals surface area contributed by atoms with Gasteiger partial charge in [0.1, 0.15) is 54.4 Å². The molecule has 0 bridgehead atoms. The molecule has 11 nitrogen and oxygen atoms in total. The zero-order valence-corrected chi connectivity index (χ0v) is 29.7. The first-order chi connectivity index (χ1) is 24.9. The fraction of sp³-hybridized carbons (Fsp3) is 0.316. The number of aliphatic hydroxyl groups is 1. The molecule has 2 aromatic heterocycles. The largest absolute Gasteiger partial charge is 0.493 e. The Labute approximate surface area is 302 Å². The summed E-state index contributed by atoms with van der Waals surface area (Å²) in [5.74, 6) is 2.63. The van der Waals surface area contributed by atoms with Gasteiger partial charge in [0.05, 0.1) is 29.3 Å². The van der Waals surface area contributed by atoms with Crippen LogP contribution in [0.4, 0.5) is 15.9 Å². The van der Waals surface area contributed by atoms with Gasteiger partial charge in [-0.25, -0.2) is 14.4 Å². The van der Waals surface area contributed by atoms with Crippen LogP contribution in [0.2, 0.25) is 5.02 Å². The van der Waals surface area contributed by atoms with E-state index in [4.69, 9.17) is 41.1 Å². The number of primary amides is 1. The van der Waals surface area contributed by atoms with E-state index in [1.807, 2.05) is 37.1 Å². The van der Waals surface area contributed by atoms with Gasteiger partial charge in [-0.3, -0.25) is 4.79 Å². The zero-order valence-electron chi connectivity index (χ0n) is 28.9. The number of unbranched alkanes of at least 4 members (excludes halogenated alkanes) is 3. The predicted molar refractivity (Wildman–Crippen MR) is 198 cm³/mol. The van der Waals surface area contributed by atoms with Gasteiger partial charge in [-0.05, 0) is 79.9 Å². The summed E-state index contributed by atoms with van der Waals surface area (Å²) in [7, 11) is 1.00. The Kier molecular flexibility index (Phi) is 17.4. The van der Waals surface area contributed by atoms with Gasteiger partial charge < -0.3 is 40.2 Å². The quantitative estimate of drug-likeness (QED) is 0.0659. The van der Waals surface area contributed by atoms with E-state index in [-0.39, 0.29) is 18.3 Å². The molecule has 0 atom stereocenters. The third-order valence-electron chi connectivity index (χ3n) is 7.44. The van der Waals surface area contributed by atoms with Crippen molar-refractivity contribution in [2.24, 2.45) is 5.73 Å². The molecule has 0 aliphatic carbocycles. The van der Waals surface area contributed by atoms with Crippen molar-refractivity contribution in [2.45, 2.75) is 58.6 Å². The number of anilines is 2. The molecule has 1 amide bonds. The highest BCUT2D eigenvalue weighted by Crippen LogP contribution is 2.38. The fourth-order valence-electron chi connectivity index (χ4n) is 5.06. The number of nitrogens with two attached hydrogens (primary N) is 1. The van der Waals surface area contributed by atoms with E-state index in [0.29, 0.717) is 64.4 Å². The number of hydrogen-bond acceptors (Lipinski definition) is 10. The number of benzene rings is 3. The Morgan fingerprint density at radius 3 is 2.53 bits per heavy atom. The number of aliphatic hydroxyl groups excluding tert-OH is 1. The SMILES string of the molecule is C=O.CCCNCc1ccc(-c2cc3c(Nc4ccc(OCc5cccc(F)c5)c(Cl)c4)ncnc3cc2OCCCCCCC(N)=O)o1.CO. The van der Waals surface area contributed by atoms with Crippen LogP contribution in [0.15, 0.2) is 77.5 Å². The standard InChI is InChI=1S/C36H39ClFN5O4.CH4O.CH2O/c1-2-15-40-21-27-12-14-32(47-27)29-19-28-31(20-34(29)45-16-6-4-3-5-10-35(39)44)41-23-42-36(28)43-26-11-13-33(30(37)18-26)46-22-24-8-7-9-25(38)17-24;2*1-2/h7-9,11-14,17-20,23,40H,2-6,10,15-16,21-22H2,1H3,(H2,39,44)(H,41,42,43);2H,1H3;1H2. The predicted octanol–water partition coefficient (Wildman–Crippen LogP) is 7.74. The molecule has 0 unspecified atom stereocenters. The topological polar surface area (TPSA) is 162 Å². The zero-order chi connectivity index (χ0) is 37.0. The van der Waals surface area contributed by atoms with Gasteiger partial charge in [0.15, 0.2) is 0 Å². The van der Waals surface area contributed by atoms with Crippen LogP contribution in [0, 0.1) is 5.82 Å². The number of carbonyl (C=O) groups excluding carboxylic acids is 2. The number of nitrogens with zero attached hydrogens (tertiary/aromatic N) is 2. The molecule has 5 rings (SSSR count). The summed E-state index contributed by atoms with van der Waals surface area (Å²) in [5.41, 5.74) is 8.13. The van der Waals surface area contributed by atoms with Crippen molar-refractivity contribution in [2.75, 3.05) is 25.6 Å². The van der Waals surface area contributed by atoms with Gasteiger partial charge in [0.2, 0.25) is 5.91 Å². The van der Waals surface area contributed by atoms with Gasteiger partial charge in [-0.2, -0.15) is 0 Å². The molecule has 0 fully saturated rings. The van der Waals surface area contributed by atoms with Crippen LogP contribution in [0.25, 0.3) is 22.2 Å². The molecule has 0 radical (unpaired) electrons. The lowest BCUT2D eigenvalue weighted by atomic mass is 10.1. The van der Waals surface area contributed by atoms with Crippen molar-refractivity contribution in [3.8, 4) is 22.8 Å². The smallest absolute Gasteiger partial charge is 0.217 e. The maximum atomic E-state index is 13.5. The molecule has 3 aromatic carbocycles. The molecular weight excluding hydrogens is 677 g/mol. The number of ether oxygens (including phenoxy) is 2. The first-order valence-corrected chi connectivity index (χ1v) is 16.9. The number of nitrogens with one attached hydrogen (secondary N) is 2. The lowest BCUT2D eigenvalue weighted by Crippen LogP contribution is -2.12. The Balaban J connectivity index is 0.00000169. The Hall–Kier alpha value is -5.04. The van der Waals surface area contributed by atoms with Crippen LogP contribution in [0.5, 0.6) is 11.5 Å². The second-order valence-electron chi connectivity index (χ2n) is 11.2. The molecule has 0 aliphatic rings. The van der Waals surface area contributed by atoms with E-state index >= 15 is 0 Å². The number of furan rings is 1. The number of fused-ring (bicyclic) bond motifs is 1. The monoisotopic (exact) mass is 721 g/mol. The van der Waals surface area contributed by atoms with E-state index in [9.17, 15) is 9.18 Å². The number of carbonyl (C=O) groups is 2. The Morgan fingerprint density at radius 2 is 1.78 bits per heavy atom. The highest BCUT2D eigenvalue weighted by atomic mass is 35.5. The third kappa shape index (κ3) is 12.7. The fourth-order valence-corrected chi connectivity index (χ4v) is 5.29. The van der Waals surface area contributed by atoms with Gasteiger partial charge in [-0.1, -0.05) is 43.5 Å². The molecule has 0 aliphatic heterocycles. The number of halogens is 2. The molecule has 0 spiro atoms. The summed E-state index contributed by atoms with van der Waals surface area (Å²) in [6, 6.07) is 19.4. The summed E-state index contributed by atoms with van der Waals surface area (Å²) in [6.45, 7) is 6.34. The molecule has 5 aromatic rings. The normalized spacial score (nSPS) is 10.5. The highest BCUT2D eigenvalue weighted by molar-refractivity contribution is 6.32. The molecule has 5 N–H and O–H groups in total. The van der Waals surface area contributed by atoms with E-state index < -0.39 is 0 Å².